The monoisotopic (exact) mass is 285 g/mol. The van der Waals surface area contributed by atoms with E-state index in [1.807, 2.05) is 65.0 Å². The van der Waals surface area contributed by atoms with E-state index in [2.05, 4.69) is 4.98 Å². The molecule has 0 atom stereocenters. The van der Waals surface area contributed by atoms with Crippen molar-refractivity contribution >= 4 is 11.1 Å². The third kappa shape index (κ3) is 3.63. The van der Waals surface area contributed by atoms with Crippen LogP contribution in [0.1, 0.15) is 33.3 Å². The number of benzene rings is 2. The average molecular weight is 285 g/mol. The van der Waals surface area contributed by atoms with Gasteiger partial charge in [-0.1, -0.05) is 45.9 Å². The molecule has 0 aliphatic carbocycles. The number of phenols is 1. The first-order valence-corrected chi connectivity index (χ1v) is 7.40. The van der Waals surface area contributed by atoms with Crippen LogP contribution in [0.15, 0.2) is 46.9 Å². The number of hydrogen-bond donors (Lipinski definition) is 1. The zero-order chi connectivity index (χ0) is 15.8. The first-order valence-electron chi connectivity index (χ1n) is 7.40. The highest BCUT2D eigenvalue weighted by atomic mass is 16.3. The minimum atomic E-state index is 0.254. The van der Waals surface area contributed by atoms with Crippen LogP contribution >= 0.6 is 0 Å². The lowest BCUT2D eigenvalue weighted by atomic mass is 10.1. The van der Waals surface area contributed by atoms with E-state index >= 15 is 0 Å². The molecule has 3 rings (SSSR count). The Balaban J connectivity index is 0.000000510. The molecule has 2 aromatic carbocycles. The number of nitrogens with zero attached hydrogens (tertiary/aromatic N) is 1. The molecule has 1 aromatic heterocycles. The molecule has 0 amide bonds. The Morgan fingerprint density at radius 3 is 2.24 bits per heavy atom. The topological polar surface area (TPSA) is 46.3 Å². The minimum absolute atomic E-state index is 0.254. The number of aromatic hydroxyl groups is 1. The lowest BCUT2D eigenvalue weighted by molar-refractivity contribution is 0.471. The smallest absolute Gasteiger partial charge is 0.227 e. The van der Waals surface area contributed by atoms with Crippen LogP contribution in [-0.4, -0.2) is 10.1 Å². The molecule has 0 bridgehead atoms. The standard InChI is InChI=1S/C14H11NO2.2C2H6/c1-9-10(5-4-7-12(9)16)14-15-11-6-2-3-8-13(11)17-14;2*1-2/h2-8,16H,1H3;2*1-2H3. The molecular formula is C18H23NO2. The van der Waals surface area contributed by atoms with Crippen molar-refractivity contribution in [3.8, 4) is 17.2 Å². The van der Waals surface area contributed by atoms with Gasteiger partial charge in [-0.25, -0.2) is 4.98 Å². The van der Waals surface area contributed by atoms with Gasteiger partial charge in [-0.3, -0.25) is 0 Å². The Bertz CT molecular complexity index is 654. The Morgan fingerprint density at radius 1 is 0.905 bits per heavy atom. The molecule has 1 N–H and O–H groups in total. The van der Waals surface area contributed by atoms with Gasteiger partial charge < -0.3 is 9.52 Å². The molecule has 112 valence electrons. The van der Waals surface area contributed by atoms with Crippen molar-refractivity contribution in [3.05, 3.63) is 48.0 Å². The Labute approximate surface area is 126 Å². The summed E-state index contributed by atoms with van der Waals surface area (Å²) in [6, 6.07) is 12.9. The highest BCUT2D eigenvalue weighted by molar-refractivity contribution is 5.77. The first-order chi connectivity index (χ1) is 10.3. The molecule has 3 nitrogen and oxygen atoms in total. The summed E-state index contributed by atoms with van der Waals surface area (Å²) in [6.45, 7) is 9.85. The lowest BCUT2D eigenvalue weighted by Gasteiger charge is -2.02. The van der Waals surface area contributed by atoms with Crippen molar-refractivity contribution in [2.24, 2.45) is 0 Å². The highest BCUT2D eigenvalue weighted by Gasteiger charge is 2.11. The fraction of sp³-hybridized carbons (Fsp3) is 0.278. The SMILES string of the molecule is CC.CC.Cc1c(O)cccc1-c1nc2ccccc2o1. The molecule has 0 saturated carbocycles. The number of fused-ring (bicyclic) bond motifs is 1. The predicted octanol–water partition coefficient (Wildman–Crippen LogP) is 5.56. The fourth-order valence-corrected chi connectivity index (χ4v) is 1.84. The third-order valence-corrected chi connectivity index (χ3v) is 2.83. The van der Waals surface area contributed by atoms with Crippen LogP contribution in [0.2, 0.25) is 0 Å². The number of aromatic nitrogens is 1. The van der Waals surface area contributed by atoms with E-state index in [0.29, 0.717) is 5.89 Å². The summed E-state index contributed by atoms with van der Waals surface area (Å²) in [6.07, 6.45) is 0. The van der Waals surface area contributed by atoms with Crippen LogP contribution in [0.5, 0.6) is 5.75 Å². The van der Waals surface area contributed by atoms with Gasteiger partial charge in [-0.2, -0.15) is 0 Å². The van der Waals surface area contributed by atoms with Crippen molar-refractivity contribution in [1.29, 1.82) is 0 Å². The summed E-state index contributed by atoms with van der Waals surface area (Å²) < 4.78 is 5.67. The summed E-state index contributed by atoms with van der Waals surface area (Å²) in [7, 11) is 0. The normalized spacial score (nSPS) is 9.38. The van der Waals surface area contributed by atoms with Gasteiger partial charge in [0.05, 0.1) is 0 Å². The maximum Gasteiger partial charge on any atom is 0.227 e. The second-order valence-electron chi connectivity index (χ2n) is 3.94. The Kier molecular flexibility index (Phi) is 6.47. The predicted molar refractivity (Wildman–Crippen MR) is 88.5 cm³/mol. The van der Waals surface area contributed by atoms with Crippen LogP contribution in [0.25, 0.3) is 22.6 Å². The van der Waals surface area contributed by atoms with Crippen molar-refractivity contribution in [3.63, 3.8) is 0 Å². The zero-order valence-corrected chi connectivity index (χ0v) is 13.3. The molecule has 0 radical (unpaired) electrons. The van der Waals surface area contributed by atoms with Gasteiger partial charge in [-0.15, -0.1) is 0 Å². The maximum atomic E-state index is 9.67. The summed E-state index contributed by atoms with van der Waals surface area (Å²) >= 11 is 0. The van der Waals surface area contributed by atoms with Crippen molar-refractivity contribution in [1.82, 2.24) is 4.98 Å². The zero-order valence-electron chi connectivity index (χ0n) is 13.3. The number of rotatable bonds is 1. The quantitative estimate of drug-likeness (QED) is 0.636. The number of hydrogen-bond acceptors (Lipinski definition) is 3. The van der Waals surface area contributed by atoms with Crippen molar-refractivity contribution in [2.75, 3.05) is 0 Å². The van der Waals surface area contributed by atoms with Gasteiger partial charge in [0.2, 0.25) is 5.89 Å². The number of para-hydroxylation sites is 2. The van der Waals surface area contributed by atoms with Gasteiger partial charge in [0, 0.05) is 11.1 Å². The molecular weight excluding hydrogens is 262 g/mol. The lowest BCUT2D eigenvalue weighted by Crippen LogP contribution is -1.83. The number of oxazole rings is 1. The van der Waals surface area contributed by atoms with E-state index in [4.69, 9.17) is 4.42 Å². The van der Waals surface area contributed by atoms with Gasteiger partial charge in [0.25, 0.3) is 0 Å². The molecule has 3 aromatic rings. The van der Waals surface area contributed by atoms with Crippen molar-refractivity contribution < 1.29 is 9.52 Å². The van der Waals surface area contributed by atoms with Gasteiger partial charge >= 0.3 is 0 Å². The molecule has 0 spiro atoms. The van der Waals surface area contributed by atoms with E-state index < -0.39 is 0 Å². The molecule has 0 unspecified atom stereocenters. The van der Waals surface area contributed by atoms with E-state index in [9.17, 15) is 5.11 Å². The molecule has 3 heteroatoms. The fourth-order valence-electron chi connectivity index (χ4n) is 1.84. The summed E-state index contributed by atoms with van der Waals surface area (Å²) in [5.41, 5.74) is 3.18. The Morgan fingerprint density at radius 2 is 1.57 bits per heavy atom. The molecule has 1 heterocycles. The van der Waals surface area contributed by atoms with E-state index in [1.165, 1.54) is 0 Å². The van der Waals surface area contributed by atoms with E-state index in [0.717, 1.165) is 22.2 Å². The number of phenolic OH excluding ortho intramolecular Hbond substituents is 1. The molecule has 0 aliphatic rings. The van der Waals surface area contributed by atoms with Crippen LogP contribution < -0.4 is 0 Å². The molecule has 21 heavy (non-hydrogen) atoms. The van der Waals surface area contributed by atoms with Gasteiger partial charge in [0.15, 0.2) is 5.58 Å². The van der Waals surface area contributed by atoms with Gasteiger partial charge in [0.1, 0.15) is 11.3 Å². The van der Waals surface area contributed by atoms with Crippen LogP contribution in [0, 0.1) is 6.92 Å². The summed E-state index contributed by atoms with van der Waals surface area (Å²) in [4.78, 5) is 4.41. The molecule has 0 saturated heterocycles. The van der Waals surface area contributed by atoms with E-state index in [-0.39, 0.29) is 5.75 Å². The van der Waals surface area contributed by atoms with Crippen LogP contribution in [0.4, 0.5) is 0 Å². The first kappa shape index (κ1) is 16.8. The summed E-state index contributed by atoms with van der Waals surface area (Å²) in [5, 5.41) is 9.67. The largest absolute Gasteiger partial charge is 0.508 e. The van der Waals surface area contributed by atoms with Crippen molar-refractivity contribution in [2.45, 2.75) is 34.6 Å². The van der Waals surface area contributed by atoms with E-state index in [1.54, 1.807) is 12.1 Å². The third-order valence-electron chi connectivity index (χ3n) is 2.83. The maximum absolute atomic E-state index is 9.67. The summed E-state index contributed by atoms with van der Waals surface area (Å²) in [5.74, 6) is 0.796. The molecule has 0 fully saturated rings. The second-order valence-corrected chi connectivity index (χ2v) is 3.94. The van der Waals surface area contributed by atoms with Gasteiger partial charge in [-0.05, 0) is 31.2 Å². The average Bonchev–Trinajstić information content (AvgIpc) is 2.97. The Hall–Kier alpha value is -2.29. The van der Waals surface area contributed by atoms with Crippen LogP contribution in [-0.2, 0) is 0 Å². The molecule has 0 aliphatic heterocycles. The minimum Gasteiger partial charge on any atom is -0.508 e. The second kappa shape index (κ2) is 8.10. The van der Waals surface area contributed by atoms with Crippen LogP contribution in [0.3, 0.4) is 0 Å². The highest BCUT2D eigenvalue weighted by Crippen LogP contribution is 2.30.